The number of nitrogens with one attached hydrogen (secondary N) is 1. The molecule has 0 aromatic carbocycles. The predicted molar refractivity (Wildman–Crippen MR) is 68.3 cm³/mol. The van der Waals surface area contributed by atoms with Crippen molar-refractivity contribution in [1.29, 1.82) is 0 Å². The zero-order chi connectivity index (χ0) is 12.4. The summed E-state index contributed by atoms with van der Waals surface area (Å²) in [4.78, 5) is 0. The molecule has 0 spiro atoms. The Kier molecular flexibility index (Phi) is 7.77. The van der Waals surface area contributed by atoms with Crippen molar-refractivity contribution in [2.75, 3.05) is 53.7 Å². The average molecular weight is 245 g/mol. The van der Waals surface area contributed by atoms with Crippen LogP contribution in [-0.2, 0) is 14.2 Å². The molecule has 17 heavy (non-hydrogen) atoms. The van der Waals surface area contributed by atoms with E-state index < -0.39 is 0 Å². The van der Waals surface area contributed by atoms with Crippen molar-refractivity contribution >= 4 is 0 Å². The molecule has 0 bridgehead atoms. The number of rotatable bonds is 12. The van der Waals surface area contributed by atoms with Gasteiger partial charge in [0.15, 0.2) is 0 Å². The van der Waals surface area contributed by atoms with Gasteiger partial charge in [0.25, 0.3) is 0 Å². The molecule has 0 aliphatic heterocycles. The van der Waals surface area contributed by atoms with E-state index in [1.807, 2.05) is 0 Å². The Balaban J connectivity index is 1.84. The van der Waals surface area contributed by atoms with E-state index in [2.05, 4.69) is 5.32 Å². The van der Waals surface area contributed by atoms with Crippen LogP contribution in [0.2, 0.25) is 0 Å². The standard InChI is InChI=1S/C13H27NO3/c1-15-8-3-9-17-11-7-14-12-13(4-5-13)6-10-16-2/h14H,3-12H2,1-2H3. The van der Waals surface area contributed by atoms with Crippen LogP contribution < -0.4 is 5.32 Å². The number of hydrogen-bond acceptors (Lipinski definition) is 4. The monoisotopic (exact) mass is 245 g/mol. The van der Waals surface area contributed by atoms with Crippen LogP contribution in [-0.4, -0.2) is 53.7 Å². The minimum atomic E-state index is 0.534. The van der Waals surface area contributed by atoms with Crippen LogP contribution >= 0.6 is 0 Å². The SMILES string of the molecule is COCCCOCCNCC1(CCOC)CC1. The van der Waals surface area contributed by atoms with E-state index in [-0.39, 0.29) is 0 Å². The van der Waals surface area contributed by atoms with Gasteiger partial charge in [-0.25, -0.2) is 0 Å². The second kappa shape index (κ2) is 8.86. The van der Waals surface area contributed by atoms with E-state index >= 15 is 0 Å². The molecular weight excluding hydrogens is 218 g/mol. The third-order valence-electron chi connectivity index (χ3n) is 3.35. The molecule has 0 radical (unpaired) electrons. The minimum absolute atomic E-state index is 0.534. The van der Waals surface area contributed by atoms with Gasteiger partial charge in [-0.05, 0) is 31.1 Å². The summed E-state index contributed by atoms with van der Waals surface area (Å²) in [6.07, 6.45) is 4.86. The lowest BCUT2D eigenvalue weighted by molar-refractivity contribution is 0.103. The van der Waals surface area contributed by atoms with Gasteiger partial charge < -0.3 is 19.5 Å². The summed E-state index contributed by atoms with van der Waals surface area (Å²) in [5.74, 6) is 0. The molecule has 1 fully saturated rings. The van der Waals surface area contributed by atoms with E-state index in [9.17, 15) is 0 Å². The van der Waals surface area contributed by atoms with Gasteiger partial charge >= 0.3 is 0 Å². The number of ether oxygens (including phenoxy) is 3. The molecule has 1 N–H and O–H groups in total. The van der Waals surface area contributed by atoms with E-state index in [4.69, 9.17) is 14.2 Å². The summed E-state index contributed by atoms with van der Waals surface area (Å²) < 4.78 is 15.6. The highest BCUT2D eigenvalue weighted by atomic mass is 16.5. The molecule has 0 aromatic rings. The van der Waals surface area contributed by atoms with Crippen LogP contribution in [0.15, 0.2) is 0 Å². The van der Waals surface area contributed by atoms with Gasteiger partial charge in [-0.15, -0.1) is 0 Å². The van der Waals surface area contributed by atoms with Gasteiger partial charge in [0.2, 0.25) is 0 Å². The first-order valence-corrected chi connectivity index (χ1v) is 6.59. The second-order valence-corrected chi connectivity index (χ2v) is 4.88. The summed E-state index contributed by atoms with van der Waals surface area (Å²) in [7, 11) is 3.49. The van der Waals surface area contributed by atoms with Gasteiger partial charge in [0.05, 0.1) is 6.61 Å². The maximum Gasteiger partial charge on any atom is 0.0590 e. The first-order chi connectivity index (χ1) is 8.33. The maximum absolute atomic E-state index is 5.48. The van der Waals surface area contributed by atoms with Crippen LogP contribution in [0.5, 0.6) is 0 Å². The van der Waals surface area contributed by atoms with Crippen LogP contribution in [0.4, 0.5) is 0 Å². The fourth-order valence-corrected chi connectivity index (χ4v) is 1.92. The topological polar surface area (TPSA) is 39.7 Å². The van der Waals surface area contributed by atoms with E-state index in [0.29, 0.717) is 5.41 Å². The lowest BCUT2D eigenvalue weighted by atomic mass is 10.0. The summed E-state index contributed by atoms with van der Waals surface area (Å²) >= 11 is 0. The molecule has 1 rings (SSSR count). The molecule has 4 nitrogen and oxygen atoms in total. The number of hydrogen-bond donors (Lipinski definition) is 1. The van der Waals surface area contributed by atoms with Crippen molar-refractivity contribution in [3.63, 3.8) is 0 Å². The van der Waals surface area contributed by atoms with E-state index in [1.165, 1.54) is 19.3 Å². The smallest absolute Gasteiger partial charge is 0.0590 e. The van der Waals surface area contributed by atoms with E-state index in [0.717, 1.165) is 45.9 Å². The van der Waals surface area contributed by atoms with Crippen molar-refractivity contribution in [1.82, 2.24) is 5.32 Å². The van der Waals surface area contributed by atoms with Crippen molar-refractivity contribution in [2.45, 2.75) is 25.7 Å². The second-order valence-electron chi connectivity index (χ2n) is 4.88. The zero-order valence-corrected chi connectivity index (χ0v) is 11.3. The van der Waals surface area contributed by atoms with Crippen molar-refractivity contribution in [3.05, 3.63) is 0 Å². The largest absolute Gasteiger partial charge is 0.385 e. The van der Waals surface area contributed by atoms with Crippen LogP contribution in [0.25, 0.3) is 0 Å². The lowest BCUT2D eigenvalue weighted by Gasteiger charge is -2.15. The molecular formula is C13H27NO3. The molecule has 0 heterocycles. The Morgan fingerprint density at radius 2 is 1.76 bits per heavy atom. The molecule has 0 atom stereocenters. The number of methoxy groups -OCH3 is 2. The third kappa shape index (κ3) is 6.99. The zero-order valence-electron chi connectivity index (χ0n) is 11.3. The third-order valence-corrected chi connectivity index (χ3v) is 3.35. The quantitative estimate of drug-likeness (QED) is 0.528. The molecule has 0 amide bonds. The van der Waals surface area contributed by atoms with Gasteiger partial charge in [-0.1, -0.05) is 0 Å². The van der Waals surface area contributed by atoms with Crippen molar-refractivity contribution < 1.29 is 14.2 Å². The lowest BCUT2D eigenvalue weighted by Crippen LogP contribution is -2.28. The van der Waals surface area contributed by atoms with Gasteiger partial charge in [-0.2, -0.15) is 0 Å². The Labute approximate surface area is 105 Å². The Morgan fingerprint density at radius 1 is 1.00 bits per heavy atom. The predicted octanol–water partition coefficient (Wildman–Crippen LogP) is 1.45. The normalized spacial score (nSPS) is 17.3. The summed E-state index contributed by atoms with van der Waals surface area (Å²) in [6.45, 7) is 5.32. The van der Waals surface area contributed by atoms with Crippen LogP contribution in [0, 0.1) is 5.41 Å². The summed E-state index contributed by atoms with van der Waals surface area (Å²) in [5.41, 5.74) is 0.534. The maximum atomic E-state index is 5.48. The summed E-state index contributed by atoms with van der Waals surface area (Å²) in [5, 5.41) is 3.48. The molecule has 0 unspecified atom stereocenters. The molecule has 1 aliphatic rings. The molecule has 0 aromatic heterocycles. The molecule has 1 saturated carbocycles. The molecule has 1 aliphatic carbocycles. The highest BCUT2D eigenvalue weighted by Crippen LogP contribution is 2.48. The van der Waals surface area contributed by atoms with Gasteiger partial charge in [0, 0.05) is 47.1 Å². The molecule has 102 valence electrons. The fourth-order valence-electron chi connectivity index (χ4n) is 1.92. The van der Waals surface area contributed by atoms with E-state index in [1.54, 1.807) is 14.2 Å². The van der Waals surface area contributed by atoms with Gasteiger partial charge in [0.1, 0.15) is 0 Å². The molecule has 4 heteroatoms. The van der Waals surface area contributed by atoms with Crippen molar-refractivity contribution in [2.24, 2.45) is 5.41 Å². The Hall–Kier alpha value is -0.160. The van der Waals surface area contributed by atoms with Crippen molar-refractivity contribution in [3.8, 4) is 0 Å². The average Bonchev–Trinajstić information content (AvgIpc) is 3.11. The highest BCUT2D eigenvalue weighted by molar-refractivity contribution is 4.94. The van der Waals surface area contributed by atoms with Gasteiger partial charge in [-0.3, -0.25) is 0 Å². The summed E-state index contributed by atoms with van der Waals surface area (Å²) in [6, 6.07) is 0. The minimum Gasteiger partial charge on any atom is -0.385 e. The fraction of sp³-hybridized carbons (Fsp3) is 1.00. The first kappa shape index (κ1) is 14.9. The molecule has 0 saturated heterocycles. The highest BCUT2D eigenvalue weighted by Gasteiger charge is 2.41. The van der Waals surface area contributed by atoms with Crippen LogP contribution in [0.3, 0.4) is 0 Å². The first-order valence-electron chi connectivity index (χ1n) is 6.59. The van der Waals surface area contributed by atoms with Crippen LogP contribution in [0.1, 0.15) is 25.7 Å². The Morgan fingerprint density at radius 3 is 2.41 bits per heavy atom. The Bertz CT molecular complexity index is 184.